The fraction of sp³-hybridized carbons (Fsp3) is 0.267. The van der Waals surface area contributed by atoms with Crippen molar-refractivity contribution in [1.82, 2.24) is 14.5 Å². The van der Waals surface area contributed by atoms with Gasteiger partial charge in [-0.1, -0.05) is 67.1 Å². The number of aromatic nitrogens is 2. The van der Waals surface area contributed by atoms with Crippen LogP contribution in [0.3, 0.4) is 0 Å². The number of ether oxygens (including phenoxy) is 1. The van der Waals surface area contributed by atoms with Gasteiger partial charge >= 0.3 is 5.97 Å². The first kappa shape index (κ1) is 24.4. The minimum atomic E-state index is -0.628. The number of esters is 1. The van der Waals surface area contributed by atoms with Gasteiger partial charge in [0.15, 0.2) is 6.61 Å². The summed E-state index contributed by atoms with van der Waals surface area (Å²) in [5.41, 5.74) is 2.58. The fourth-order valence-corrected chi connectivity index (χ4v) is 4.91. The molecule has 1 aliphatic heterocycles. The van der Waals surface area contributed by atoms with Crippen LogP contribution in [0.4, 0.5) is 0 Å². The van der Waals surface area contributed by atoms with Gasteiger partial charge in [-0.15, -0.1) is 0 Å². The summed E-state index contributed by atoms with van der Waals surface area (Å²) in [6, 6.07) is 23.9. The summed E-state index contributed by atoms with van der Waals surface area (Å²) in [5.74, 6) is -0.199. The lowest BCUT2D eigenvalue weighted by Crippen LogP contribution is -2.35. The molecule has 0 aliphatic carbocycles. The maximum atomic E-state index is 13.1. The lowest BCUT2D eigenvalue weighted by atomic mass is 9.97. The predicted molar refractivity (Wildman–Crippen MR) is 141 cm³/mol. The average Bonchev–Trinajstić information content (AvgIpc) is 3.18. The van der Waals surface area contributed by atoms with Gasteiger partial charge in [-0.05, 0) is 42.2 Å². The molecule has 0 saturated carbocycles. The second kappa shape index (κ2) is 10.8. The zero-order chi connectivity index (χ0) is 25.8. The smallest absolute Gasteiger partial charge is 0.338 e. The maximum Gasteiger partial charge on any atom is 0.338 e. The summed E-state index contributed by atoms with van der Waals surface area (Å²) in [4.78, 5) is 45.2. The van der Waals surface area contributed by atoms with E-state index in [1.165, 1.54) is 0 Å². The molecule has 0 fully saturated rings. The number of benzene rings is 3. The number of aryl methyl sites for hydroxylation is 1. The van der Waals surface area contributed by atoms with Gasteiger partial charge in [0, 0.05) is 20.0 Å². The monoisotopic (exact) mass is 495 g/mol. The molecule has 0 saturated heterocycles. The Hall–Kier alpha value is -4.26. The first-order chi connectivity index (χ1) is 18.0. The Labute approximate surface area is 215 Å². The number of amides is 1. The third-order valence-corrected chi connectivity index (χ3v) is 6.89. The number of rotatable bonds is 6. The largest absolute Gasteiger partial charge is 0.452 e. The minimum absolute atomic E-state index is 0.0773. The first-order valence-electron chi connectivity index (χ1n) is 12.6. The molecule has 1 amide bonds. The number of fused-ring (bicyclic) bond motifs is 2. The van der Waals surface area contributed by atoms with Crippen LogP contribution in [0.25, 0.3) is 10.9 Å². The molecule has 4 aromatic rings. The van der Waals surface area contributed by atoms with E-state index in [4.69, 9.17) is 4.74 Å². The van der Waals surface area contributed by atoms with Crippen molar-refractivity contribution in [3.8, 4) is 0 Å². The zero-order valence-electron chi connectivity index (χ0n) is 20.8. The highest BCUT2D eigenvalue weighted by molar-refractivity contribution is 5.95. The number of carbonyl (C=O) groups is 2. The van der Waals surface area contributed by atoms with Crippen molar-refractivity contribution < 1.29 is 14.3 Å². The van der Waals surface area contributed by atoms with E-state index >= 15 is 0 Å². The van der Waals surface area contributed by atoms with Gasteiger partial charge < -0.3 is 9.64 Å². The van der Waals surface area contributed by atoms with Crippen molar-refractivity contribution in [2.45, 2.75) is 38.3 Å². The number of hydrogen-bond donors (Lipinski definition) is 0. The number of hydrogen-bond acceptors (Lipinski definition) is 5. The normalized spacial score (nSPS) is 13.1. The van der Waals surface area contributed by atoms with Gasteiger partial charge in [-0.3, -0.25) is 14.2 Å². The molecule has 1 aliphatic rings. The number of carbonyl (C=O) groups excluding carboxylic acids is 2. The standard InChI is InChI=1S/C30H29N3O4/c1-32(28(21-11-5-2-6-12-21)22-13-7-3-8-14-22)27(34)20-37-30(36)23-16-17-24-25(19-23)31-26-15-9-4-10-18-33(26)29(24)35/h2-3,5-8,11-14,16-17,19,28H,4,9-10,15,18,20H2,1H3. The van der Waals surface area contributed by atoms with Gasteiger partial charge in [0.05, 0.1) is 22.5 Å². The van der Waals surface area contributed by atoms with Crippen LogP contribution in [0.15, 0.2) is 83.7 Å². The third kappa shape index (κ3) is 5.16. The molecule has 188 valence electrons. The summed E-state index contributed by atoms with van der Waals surface area (Å²) < 4.78 is 7.15. The Morgan fingerprint density at radius 2 is 1.62 bits per heavy atom. The molecular formula is C30H29N3O4. The molecule has 2 heterocycles. The number of nitrogens with zero attached hydrogens (tertiary/aromatic N) is 3. The van der Waals surface area contributed by atoms with Crippen LogP contribution in [-0.2, 0) is 22.5 Å². The molecule has 0 bridgehead atoms. The molecular weight excluding hydrogens is 466 g/mol. The lowest BCUT2D eigenvalue weighted by molar-refractivity contribution is -0.134. The molecule has 37 heavy (non-hydrogen) atoms. The van der Waals surface area contributed by atoms with Gasteiger partial charge in [0.2, 0.25) is 0 Å². The quantitative estimate of drug-likeness (QED) is 0.367. The molecule has 7 heteroatoms. The van der Waals surface area contributed by atoms with E-state index in [0.29, 0.717) is 17.4 Å². The fourth-order valence-electron chi connectivity index (χ4n) is 4.91. The van der Waals surface area contributed by atoms with Crippen LogP contribution >= 0.6 is 0 Å². The van der Waals surface area contributed by atoms with Crippen molar-refractivity contribution in [2.24, 2.45) is 0 Å². The van der Waals surface area contributed by atoms with Crippen LogP contribution in [0.1, 0.15) is 52.6 Å². The van der Waals surface area contributed by atoms with Gasteiger partial charge in [-0.25, -0.2) is 9.78 Å². The Morgan fingerprint density at radius 3 is 2.30 bits per heavy atom. The van der Waals surface area contributed by atoms with Crippen LogP contribution in [0.2, 0.25) is 0 Å². The lowest BCUT2D eigenvalue weighted by Gasteiger charge is -2.29. The predicted octanol–water partition coefficient (Wildman–Crippen LogP) is 4.53. The van der Waals surface area contributed by atoms with Gasteiger partial charge in [0.1, 0.15) is 5.82 Å². The molecule has 0 spiro atoms. The summed E-state index contributed by atoms with van der Waals surface area (Å²) in [5, 5.41) is 0.478. The second-order valence-corrected chi connectivity index (χ2v) is 9.33. The maximum absolute atomic E-state index is 13.1. The first-order valence-corrected chi connectivity index (χ1v) is 12.6. The highest BCUT2D eigenvalue weighted by atomic mass is 16.5. The molecule has 0 radical (unpaired) electrons. The summed E-state index contributed by atoms with van der Waals surface area (Å²) >= 11 is 0. The van der Waals surface area contributed by atoms with Crippen LogP contribution in [0.5, 0.6) is 0 Å². The SMILES string of the molecule is CN(C(=O)COC(=O)c1ccc2c(=O)n3c(nc2c1)CCCCC3)C(c1ccccc1)c1ccccc1. The number of likely N-dealkylation sites (N-methyl/N-ethyl adjacent to an activating group) is 1. The molecule has 0 N–H and O–H groups in total. The summed E-state index contributed by atoms with van der Waals surface area (Å²) in [6.07, 6.45) is 3.75. The van der Waals surface area contributed by atoms with Gasteiger partial charge in [0.25, 0.3) is 11.5 Å². The van der Waals surface area contributed by atoms with E-state index in [1.54, 1.807) is 34.7 Å². The van der Waals surface area contributed by atoms with Crippen molar-refractivity contribution in [3.05, 3.63) is 112 Å². The van der Waals surface area contributed by atoms with Crippen LogP contribution in [-0.4, -0.2) is 40.0 Å². The van der Waals surface area contributed by atoms with Crippen molar-refractivity contribution in [1.29, 1.82) is 0 Å². The van der Waals surface area contributed by atoms with E-state index in [2.05, 4.69) is 4.98 Å². The second-order valence-electron chi connectivity index (χ2n) is 9.33. The van der Waals surface area contributed by atoms with E-state index in [-0.39, 0.29) is 23.1 Å². The Kier molecular flexibility index (Phi) is 7.12. The molecule has 1 aromatic heterocycles. The highest BCUT2D eigenvalue weighted by Crippen LogP contribution is 2.27. The topological polar surface area (TPSA) is 81.5 Å². The Balaban J connectivity index is 1.33. The molecule has 7 nitrogen and oxygen atoms in total. The molecule has 0 unspecified atom stereocenters. The average molecular weight is 496 g/mol. The molecule has 3 aromatic carbocycles. The third-order valence-electron chi connectivity index (χ3n) is 6.89. The van der Waals surface area contributed by atoms with E-state index < -0.39 is 12.6 Å². The zero-order valence-corrected chi connectivity index (χ0v) is 20.8. The van der Waals surface area contributed by atoms with E-state index in [1.807, 2.05) is 60.7 Å². The molecule has 5 rings (SSSR count). The summed E-state index contributed by atoms with van der Waals surface area (Å²) in [7, 11) is 1.71. The minimum Gasteiger partial charge on any atom is -0.452 e. The van der Waals surface area contributed by atoms with Crippen molar-refractivity contribution in [2.75, 3.05) is 13.7 Å². The highest BCUT2D eigenvalue weighted by Gasteiger charge is 2.24. The van der Waals surface area contributed by atoms with Crippen LogP contribution < -0.4 is 5.56 Å². The van der Waals surface area contributed by atoms with Gasteiger partial charge in [-0.2, -0.15) is 0 Å². The summed E-state index contributed by atoms with van der Waals surface area (Å²) in [6.45, 7) is 0.271. The Morgan fingerprint density at radius 1 is 0.946 bits per heavy atom. The van der Waals surface area contributed by atoms with E-state index in [9.17, 15) is 14.4 Å². The molecule has 0 atom stereocenters. The van der Waals surface area contributed by atoms with Crippen molar-refractivity contribution in [3.63, 3.8) is 0 Å². The Bertz CT molecular complexity index is 1440. The van der Waals surface area contributed by atoms with Crippen LogP contribution in [0, 0.1) is 0 Å². The van der Waals surface area contributed by atoms with Crippen molar-refractivity contribution >= 4 is 22.8 Å². The van der Waals surface area contributed by atoms with E-state index in [0.717, 1.165) is 42.6 Å².